The lowest BCUT2D eigenvalue weighted by Gasteiger charge is -2.40. The molecule has 2 aliphatic heterocycles. The van der Waals surface area contributed by atoms with Gasteiger partial charge in [0.1, 0.15) is 12.4 Å². The summed E-state index contributed by atoms with van der Waals surface area (Å²) in [5.74, 6) is 2.10. The van der Waals surface area contributed by atoms with Gasteiger partial charge in [-0.2, -0.15) is 5.10 Å². The average Bonchev–Trinajstić information content (AvgIpc) is 3.20. The van der Waals surface area contributed by atoms with Crippen molar-refractivity contribution in [2.75, 3.05) is 38.3 Å². The van der Waals surface area contributed by atoms with E-state index in [1.807, 2.05) is 23.1 Å². The van der Waals surface area contributed by atoms with E-state index < -0.39 is 0 Å². The monoisotopic (exact) mass is 315 g/mol. The van der Waals surface area contributed by atoms with Gasteiger partial charge in [0.25, 0.3) is 0 Å². The maximum Gasteiger partial charge on any atom is 0.156 e. The molecule has 0 bridgehead atoms. The Morgan fingerprint density at radius 3 is 2.96 bits per heavy atom. The van der Waals surface area contributed by atoms with Crippen LogP contribution in [0.25, 0.3) is 0 Å². The predicted molar refractivity (Wildman–Crippen MR) is 84.4 cm³/mol. The number of methoxy groups -OCH3 is 1. The molecule has 7 nitrogen and oxygen atoms in total. The maximum atomic E-state index is 5.50. The Labute approximate surface area is 135 Å². The van der Waals surface area contributed by atoms with E-state index in [0.717, 1.165) is 50.1 Å². The summed E-state index contributed by atoms with van der Waals surface area (Å²) in [5.41, 5.74) is 1.07. The van der Waals surface area contributed by atoms with Gasteiger partial charge in [0.15, 0.2) is 5.82 Å². The van der Waals surface area contributed by atoms with Crippen LogP contribution in [0.15, 0.2) is 24.5 Å². The van der Waals surface area contributed by atoms with E-state index in [2.05, 4.69) is 26.0 Å². The first-order valence-electron chi connectivity index (χ1n) is 8.02. The van der Waals surface area contributed by atoms with Gasteiger partial charge in [-0.15, -0.1) is 0 Å². The minimum atomic E-state index is 0.371. The van der Waals surface area contributed by atoms with Gasteiger partial charge < -0.3 is 14.4 Å². The molecule has 7 heteroatoms. The molecule has 0 saturated carbocycles. The summed E-state index contributed by atoms with van der Waals surface area (Å²) in [4.78, 5) is 11.6. The maximum absolute atomic E-state index is 5.50. The molecule has 0 radical (unpaired) electrons. The number of nitrogens with zero attached hydrogens (tertiary/aromatic N) is 5. The fourth-order valence-corrected chi connectivity index (χ4v) is 3.14. The van der Waals surface area contributed by atoms with Crippen molar-refractivity contribution in [3.8, 4) is 0 Å². The standard InChI is InChI=1S/C16H21N5O2/c1-22-11-15-18-14(12-3-6-23-10-12)7-16(19-15)20-8-13(9-20)21-5-2-4-17-21/h2,4-5,7,12-13H,3,6,8-11H2,1H3/t12-/m0/s1. The number of aromatic nitrogens is 4. The third-order valence-electron chi connectivity index (χ3n) is 4.49. The molecule has 4 heterocycles. The molecule has 0 N–H and O–H groups in total. The van der Waals surface area contributed by atoms with E-state index in [1.54, 1.807) is 7.11 Å². The summed E-state index contributed by atoms with van der Waals surface area (Å²) in [7, 11) is 1.67. The Bertz CT molecular complexity index is 648. The van der Waals surface area contributed by atoms with Crippen molar-refractivity contribution in [2.45, 2.75) is 25.0 Å². The minimum absolute atomic E-state index is 0.371. The van der Waals surface area contributed by atoms with E-state index in [9.17, 15) is 0 Å². The Kier molecular flexibility index (Phi) is 3.97. The summed E-state index contributed by atoms with van der Waals surface area (Å²) in [6.07, 6.45) is 4.86. The third-order valence-corrected chi connectivity index (χ3v) is 4.49. The molecule has 0 aliphatic carbocycles. The van der Waals surface area contributed by atoms with Gasteiger partial charge in [0, 0.05) is 51.2 Å². The van der Waals surface area contributed by atoms with Crippen LogP contribution in [0.5, 0.6) is 0 Å². The Hall–Kier alpha value is -1.99. The highest BCUT2D eigenvalue weighted by molar-refractivity contribution is 5.44. The minimum Gasteiger partial charge on any atom is -0.381 e. The lowest BCUT2D eigenvalue weighted by atomic mass is 10.0. The first-order valence-corrected chi connectivity index (χ1v) is 8.02. The summed E-state index contributed by atoms with van der Waals surface area (Å²) in [6, 6.07) is 4.49. The molecule has 2 saturated heterocycles. The molecule has 0 spiro atoms. The second-order valence-corrected chi connectivity index (χ2v) is 6.11. The predicted octanol–water partition coefficient (Wildman–Crippen LogP) is 1.38. The van der Waals surface area contributed by atoms with Gasteiger partial charge in [0.2, 0.25) is 0 Å². The van der Waals surface area contributed by atoms with Gasteiger partial charge in [-0.1, -0.05) is 0 Å². The molecule has 0 amide bonds. The van der Waals surface area contributed by atoms with Crippen LogP contribution in [-0.2, 0) is 16.1 Å². The van der Waals surface area contributed by atoms with Crippen molar-refractivity contribution in [2.24, 2.45) is 0 Å². The van der Waals surface area contributed by atoms with E-state index in [4.69, 9.17) is 9.47 Å². The fourth-order valence-electron chi connectivity index (χ4n) is 3.14. The Morgan fingerprint density at radius 1 is 1.35 bits per heavy atom. The second kappa shape index (κ2) is 6.25. The molecule has 0 aromatic carbocycles. The molecule has 23 heavy (non-hydrogen) atoms. The number of anilines is 1. The van der Waals surface area contributed by atoms with Gasteiger partial charge in [-0.25, -0.2) is 9.97 Å². The van der Waals surface area contributed by atoms with Crippen molar-refractivity contribution in [1.82, 2.24) is 19.7 Å². The van der Waals surface area contributed by atoms with Gasteiger partial charge in [-0.3, -0.25) is 4.68 Å². The summed E-state index contributed by atoms with van der Waals surface area (Å²) in [6.45, 7) is 3.84. The van der Waals surface area contributed by atoms with Crippen LogP contribution in [0.2, 0.25) is 0 Å². The second-order valence-electron chi connectivity index (χ2n) is 6.11. The van der Waals surface area contributed by atoms with Crippen LogP contribution in [0.1, 0.15) is 29.9 Å². The van der Waals surface area contributed by atoms with Crippen LogP contribution >= 0.6 is 0 Å². The zero-order valence-electron chi connectivity index (χ0n) is 13.3. The van der Waals surface area contributed by atoms with Crippen LogP contribution in [0.3, 0.4) is 0 Å². The topological polar surface area (TPSA) is 65.3 Å². The number of hydrogen-bond donors (Lipinski definition) is 0. The molecular formula is C16H21N5O2. The molecule has 1 atom stereocenters. The highest BCUT2D eigenvalue weighted by Crippen LogP contribution is 2.30. The van der Waals surface area contributed by atoms with Crippen LogP contribution in [0.4, 0.5) is 5.82 Å². The summed E-state index contributed by atoms with van der Waals surface area (Å²) < 4.78 is 12.7. The molecule has 2 fully saturated rings. The molecule has 2 aromatic heterocycles. The van der Waals surface area contributed by atoms with Crippen molar-refractivity contribution in [3.05, 3.63) is 36.0 Å². The average molecular weight is 315 g/mol. The van der Waals surface area contributed by atoms with Crippen molar-refractivity contribution in [1.29, 1.82) is 0 Å². The van der Waals surface area contributed by atoms with Gasteiger partial charge in [0.05, 0.1) is 18.3 Å². The fraction of sp³-hybridized carbons (Fsp3) is 0.562. The number of hydrogen-bond acceptors (Lipinski definition) is 6. The smallest absolute Gasteiger partial charge is 0.156 e. The number of rotatable bonds is 5. The van der Waals surface area contributed by atoms with Crippen LogP contribution < -0.4 is 4.90 Å². The zero-order valence-corrected chi connectivity index (χ0v) is 13.3. The molecule has 2 aliphatic rings. The summed E-state index contributed by atoms with van der Waals surface area (Å²) in [5, 5.41) is 4.31. The van der Waals surface area contributed by atoms with Crippen LogP contribution in [0, 0.1) is 0 Å². The van der Waals surface area contributed by atoms with Crippen molar-refractivity contribution in [3.63, 3.8) is 0 Å². The third kappa shape index (κ3) is 2.94. The largest absolute Gasteiger partial charge is 0.381 e. The quantitative estimate of drug-likeness (QED) is 0.830. The molecule has 2 aromatic rings. The Balaban J connectivity index is 1.53. The molecule has 122 valence electrons. The molecular weight excluding hydrogens is 294 g/mol. The first-order chi connectivity index (χ1) is 11.3. The lowest BCUT2D eigenvalue weighted by Crippen LogP contribution is -2.48. The SMILES string of the molecule is COCc1nc([C@H]2CCOC2)cc(N2CC(n3cccn3)C2)n1. The van der Waals surface area contributed by atoms with E-state index in [-0.39, 0.29) is 0 Å². The normalized spacial score (nSPS) is 21.6. The molecule has 0 unspecified atom stereocenters. The van der Waals surface area contributed by atoms with E-state index >= 15 is 0 Å². The lowest BCUT2D eigenvalue weighted by molar-refractivity contribution is 0.177. The van der Waals surface area contributed by atoms with Gasteiger partial charge >= 0.3 is 0 Å². The Morgan fingerprint density at radius 2 is 2.26 bits per heavy atom. The van der Waals surface area contributed by atoms with Gasteiger partial charge in [-0.05, 0) is 12.5 Å². The van der Waals surface area contributed by atoms with Crippen LogP contribution in [-0.4, -0.2) is 53.2 Å². The highest BCUT2D eigenvalue weighted by Gasteiger charge is 2.31. The van der Waals surface area contributed by atoms with Crippen molar-refractivity contribution >= 4 is 5.82 Å². The van der Waals surface area contributed by atoms with E-state index in [0.29, 0.717) is 18.6 Å². The number of ether oxygens (including phenoxy) is 2. The summed E-state index contributed by atoms with van der Waals surface area (Å²) >= 11 is 0. The highest BCUT2D eigenvalue weighted by atomic mass is 16.5. The first kappa shape index (κ1) is 14.6. The van der Waals surface area contributed by atoms with E-state index in [1.165, 1.54) is 0 Å². The van der Waals surface area contributed by atoms with Crippen molar-refractivity contribution < 1.29 is 9.47 Å². The molecule has 4 rings (SSSR count). The zero-order chi connectivity index (χ0) is 15.6.